The van der Waals surface area contributed by atoms with Crippen molar-refractivity contribution in [3.05, 3.63) is 51.8 Å². The Morgan fingerprint density at radius 1 is 1.25 bits per heavy atom. The summed E-state index contributed by atoms with van der Waals surface area (Å²) in [5.74, 6) is 0.393. The zero-order valence-corrected chi connectivity index (χ0v) is 10.3. The van der Waals surface area contributed by atoms with Crippen molar-refractivity contribution in [1.82, 2.24) is 4.98 Å². The van der Waals surface area contributed by atoms with E-state index in [1.165, 1.54) is 18.2 Å². The largest absolute Gasteiger partial charge is 0.439 e. The monoisotopic (exact) mass is 301 g/mol. The van der Waals surface area contributed by atoms with Crippen LogP contribution in [0.3, 0.4) is 0 Å². The standard InChI is InChI=1S/C11H6BrClFNO/c12-7-1-4-11(15-6-7)16-8-2-3-10(14)9(13)5-8/h1-6H. The highest BCUT2D eigenvalue weighted by Crippen LogP contribution is 2.25. The van der Waals surface area contributed by atoms with Gasteiger partial charge in [-0.1, -0.05) is 11.6 Å². The first-order valence-corrected chi connectivity index (χ1v) is 5.57. The Morgan fingerprint density at radius 3 is 2.69 bits per heavy atom. The summed E-state index contributed by atoms with van der Waals surface area (Å²) in [5, 5.41) is 0.0228. The number of aromatic nitrogens is 1. The topological polar surface area (TPSA) is 22.1 Å². The molecule has 0 aliphatic carbocycles. The van der Waals surface area contributed by atoms with Gasteiger partial charge in [-0.2, -0.15) is 0 Å². The van der Waals surface area contributed by atoms with Gasteiger partial charge in [0.2, 0.25) is 5.88 Å². The molecule has 0 saturated heterocycles. The van der Waals surface area contributed by atoms with E-state index in [1.807, 2.05) is 0 Å². The van der Waals surface area contributed by atoms with Gasteiger partial charge in [-0.25, -0.2) is 9.37 Å². The quantitative estimate of drug-likeness (QED) is 0.819. The van der Waals surface area contributed by atoms with Crippen LogP contribution in [0.25, 0.3) is 0 Å². The normalized spacial score (nSPS) is 10.2. The van der Waals surface area contributed by atoms with Crippen LogP contribution in [-0.4, -0.2) is 4.98 Å². The average molecular weight is 303 g/mol. The molecule has 0 N–H and O–H groups in total. The van der Waals surface area contributed by atoms with Crippen LogP contribution in [-0.2, 0) is 0 Å². The first-order valence-electron chi connectivity index (χ1n) is 4.39. The predicted molar refractivity (Wildman–Crippen MR) is 63.4 cm³/mol. The lowest BCUT2D eigenvalue weighted by molar-refractivity contribution is 0.461. The van der Waals surface area contributed by atoms with Crippen molar-refractivity contribution in [3.63, 3.8) is 0 Å². The van der Waals surface area contributed by atoms with Gasteiger partial charge in [0.05, 0.1) is 5.02 Å². The minimum absolute atomic E-state index is 0.0228. The SMILES string of the molecule is Fc1ccc(Oc2ccc(Br)cn2)cc1Cl. The van der Waals surface area contributed by atoms with E-state index in [-0.39, 0.29) is 5.02 Å². The fraction of sp³-hybridized carbons (Fsp3) is 0. The maximum atomic E-state index is 12.9. The van der Waals surface area contributed by atoms with Crippen molar-refractivity contribution in [2.75, 3.05) is 0 Å². The molecule has 0 amide bonds. The summed E-state index contributed by atoms with van der Waals surface area (Å²) in [6, 6.07) is 7.64. The molecule has 2 rings (SSSR count). The average Bonchev–Trinajstić information content (AvgIpc) is 2.27. The number of hydrogen-bond donors (Lipinski definition) is 0. The fourth-order valence-electron chi connectivity index (χ4n) is 1.08. The number of ether oxygens (including phenoxy) is 1. The lowest BCUT2D eigenvalue weighted by Crippen LogP contribution is -1.88. The molecule has 1 heterocycles. The number of halogens is 3. The van der Waals surface area contributed by atoms with Gasteiger partial charge in [-0.05, 0) is 34.1 Å². The van der Waals surface area contributed by atoms with E-state index < -0.39 is 5.82 Å². The first kappa shape index (κ1) is 11.4. The molecule has 1 aromatic heterocycles. The van der Waals surface area contributed by atoms with Crippen molar-refractivity contribution >= 4 is 27.5 Å². The third-order valence-corrected chi connectivity index (χ3v) is 2.57. The summed E-state index contributed by atoms with van der Waals surface area (Å²) in [6.45, 7) is 0. The highest BCUT2D eigenvalue weighted by Gasteiger charge is 2.03. The Morgan fingerprint density at radius 2 is 2.06 bits per heavy atom. The second-order valence-electron chi connectivity index (χ2n) is 2.99. The summed E-state index contributed by atoms with van der Waals surface area (Å²) in [7, 11) is 0. The van der Waals surface area contributed by atoms with Crippen LogP contribution in [0.15, 0.2) is 41.0 Å². The van der Waals surface area contributed by atoms with Crippen LogP contribution < -0.4 is 4.74 Å². The second-order valence-corrected chi connectivity index (χ2v) is 4.32. The van der Waals surface area contributed by atoms with Crippen molar-refractivity contribution in [1.29, 1.82) is 0 Å². The van der Waals surface area contributed by atoms with E-state index in [0.29, 0.717) is 11.6 Å². The van der Waals surface area contributed by atoms with Gasteiger partial charge in [0.15, 0.2) is 0 Å². The van der Waals surface area contributed by atoms with E-state index in [4.69, 9.17) is 16.3 Å². The molecule has 0 aliphatic heterocycles. The Kier molecular flexibility index (Phi) is 3.41. The van der Waals surface area contributed by atoms with Crippen molar-refractivity contribution in [2.45, 2.75) is 0 Å². The highest BCUT2D eigenvalue weighted by atomic mass is 79.9. The summed E-state index contributed by atoms with van der Waals surface area (Å²) in [4.78, 5) is 4.02. The lowest BCUT2D eigenvalue weighted by Gasteiger charge is -2.04. The first-order chi connectivity index (χ1) is 7.65. The van der Waals surface area contributed by atoms with E-state index in [0.717, 1.165) is 4.47 Å². The van der Waals surface area contributed by atoms with E-state index >= 15 is 0 Å². The van der Waals surface area contributed by atoms with E-state index in [2.05, 4.69) is 20.9 Å². The Hall–Kier alpha value is -1.13. The van der Waals surface area contributed by atoms with E-state index in [1.54, 1.807) is 18.3 Å². The molecule has 1 aromatic carbocycles. The lowest BCUT2D eigenvalue weighted by atomic mass is 10.3. The van der Waals surface area contributed by atoms with Crippen LogP contribution in [0, 0.1) is 5.82 Å². The van der Waals surface area contributed by atoms with Crippen LogP contribution >= 0.6 is 27.5 Å². The molecular weight excluding hydrogens is 296 g/mol. The molecular formula is C11H6BrClFNO. The molecule has 0 fully saturated rings. The number of nitrogens with zero attached hydrogens (tertiary/aromatic N) is 1. The molecule has 2 nitrogen and oxygen atoms in total. The highest BCUT2D eigenvalue weighted by molar-refractivity contribution is 9.10. The van der Waals surface area contributed by atoms with Crippen LogP contribution in [0.5, 0.6) is 11.6 Å². The third-order valence-electron chi connectivity index (χ3n) is 1.81. The molecule has 0 spiro atoms. The minimum Gasteiger partial charge on any atom is -0.439 e. The number of rotatable bonds is 2. The molecule has 0 saturated carbocycles. The molecule has 0 bridgehead atoms. The van der Waals surface area contributed by atoms with Crippen LogP contribution in [0.4, 0.5) is 4.39 Å². The zero-order chi connectivity index (χ0) is 11.5. The maximum Gasteiger partial charge on any atom is 0.219 e. The van der Waals surface area contributed by atoms with Crippen LogP contribution in [0.2, 0.25) is 5.02 Å². The molecule has 16 heavy (non-hydrogen) atoms. The number of benzene rings is 1. The van der Waals surface area contributed by atoms with E-state index in [9.17, 15) is 4.39 Å². The summed E-state index contributed by atoms with van der Waals surface area (Å²) in [5.41, 5.74) is 0. The van der Waals surface area contributed by atoms with Crippen LogP contribution in [0.1, 0.15) is 0 Å². The van der Waals surface area contributed by atoms with Gasteiger partial charge in [0.25, 0.3) is 0 Å². The smallest absolute Gasteiger partial charge is 0.219 e. The van der Waals surface area contributed by atoms with Crippen molar-refractivity contribution < 1.29 is 9.13 Å². The molecule has 0 aliphatic rings. The Bertz CT molecular complexity index is 504. The molecule has 0 atom stereocenters. The molecule has 2 aromatic rings. The minimum atomic E-state index is -0.474. The molecule has 5 heteroatoms. The molecule has 0 radical (unpaired) electrons. The van der Waals surface area contributed by atoms with Crippen molar-refractivity contribution in [2.24, 2.45) is 0 Å². The Labute approximate surface area is 105 Å². The summed E-state index contributed by atoms with van der Waals surface area (Å²) in [6.07, 6.45) is 1.61. The predicted octanol–water partition coefficient (Wildman–Crippen LogP) is 4.43. The van der Waals surface area contributed by atoms with Gasteiger partial charge < -0.3 is 4.74 Å². The maximum absolute atomic E-state index is 12.9. The van der Waals surface area contributed by atoms with Gasteiger partial charge in [-0.15, -0.1) is 0 Å². The summed E-state index contributed by atoms with van der Waals surface area (Å²) < 4.78 is 19.1. The zero-order valence-electron chi connectivity index (χ0n) is 7.95. The fourth-order valence-corrected chi connectivity index (χ4v) is 1.49. The third kappa shape index (κ3) is 2.71. The van der Waals surface area contributed by atoms with Gasteiger partial charge >= 0.3 is 0 Å². The molecule has 0 unspecified atom stereocenters. The molecule has 82 valence electrons. The Balaban J connectivity index is 2.20. The number of pyridine rings is 1. The second kappa shape index (κ2) is 4.80. The van der Waals surface area contributed by atoms with Gasteiger partial charge in [-0.3, -0.25) is 0 Å². The van der Waals surface area contributed by atoms with Crippen molar-refractivity contribution in [3.8, 4) is 11.6 Å². The van der Waals surface area contributed by atoms with Gasteiger partial charge in [0, 0.05) is 22.8 Å². The number of hydrogen-bond acceptors (Lipinski definition) is 2. The van der Waals surface area contributed by atoms with Gasteiger partial charge in [0.1, 0.15) is 11.6 Å². The summed E-state index contributed by atoms with van der Waals surface area (Å²) >= 11 is 8.89.